The first kappa shape index (κ1) is 14.1. The third kappa shape index (κ3) is 2.63. The van der Waals surface area contributed by atoms with Crippen LogP contribution >= 0.6 is 0 Å². The number of rotatable bonds is 3. The van der Waals surface area contributed by atoms with Crippen molar-refractivity contribution in [2.75, 3.05) is 0 Å². The molecule has 0 saturated carbocycles. The molecule has 1 aromatic heterocycles. The summed E-state index contributed by atoms with van der Waals surface area (Å²) in [4.78, 5) is 16.6. The lowest BCUT2D eigenvalue weighted by molar-refractivity contribution is 0.0936. The Morgan fingerprint density at radius 2 is 2.09 bits per heavy atom. The fourth-order valence-electron chi connectivity index (χ4n) is 2.64. The van der Waals surface area contributed by atoms with Gasteiger partial charge in [0, 0.05) is 17.3 Å². The van der Waals surface area contributed by atoms with E-state index < -0.39 is 0 Å². The van der Waals surface area contributed by atoms with E-state index in [1.807, 2.05) is 24.3 Å². The molecule has 1 aliphatic rings. The van der Waals surface area contributed by atoms with Crippen molar-refractivity contribution in [2.45, 2.75) is 18.9 Å². The Labute approximate surface area is 127 Å². The summed E-state index contributed by atoms with van der Waals surface area (Å²) >= 11 is 0. The zero-order chi connectivity index (χ0) is 15.5. The first-order chi connectivity index (χ1) is 10.7. The van der Waals surface area contributed by atoms with Gasteiger partial charge in [0.2, 0.25) is 0 Å². The second-order valence-corrected chi connectivity index (χ2v) is 5.18. The zero-order valence-corrected chi connectivity index (χ0v) is 11.9. The Hall–Kier alpha value is -2.89. The maximum atomic E-state index is 12.2. The van der Waals surface area contributed by atoms with Crippen LogP contribution in [0.3, 0.4) is 0 Å². The van der Waals surface area contributed by atoms with E-state index in [1.54, 1.807) is 18.3 Å². The minimum Gasteiger partial charge on any atom is -0.409 e. The van der Waals surface area contributed by atoms with Gasteiger partial charge in [-0.2, -0.15) is 0 Å². The number of oxime groups is 1. The summed E-state index contributed by atoms with van der Waals surface area (Å²) in [6.07, 6.45) is 3.15. The van der Waals surface area contributed by atoms with Crippen molar-refractivity contribution in [3.63, 3.8) is 0 Å². The molecule has 6 nitrogen and oxygen atoms in total. The third-order valence-corrected chi connectivity index (χ3v) is 3.78. The predicted octanol–water partition coefficient (Wildman–Crippen LogP) is 1.59. The van der Waals surface area contributed by atoms with E-state index in [1.165, 1.54) is 0 Å². The van der Waals surface area contributed by atoms with Crippen molar-refractivity contribution in [2.24, 2.45) is 10.9 Å². The fourth-order valence-corrected chi connectivity index (χ4v) is 2.64. The molecule has 3 rings (SSSR count). The summed E-state index contributed by atoms with van der Waals surface area (Å²) < 4.78 is 0. The van der Waals surface area contributed by atoms with Crippen LogP contribution in [0.25, 0.3) is 0 Å². The average molecular weight is 296 g/mol. The highest BCUT2D eigenvalue weighted by Gasteiger charge is 2.26. The van der Waals surface area contributed by atoms with Gasteiger partial charge in [-0.25, -0.2) is 0 Å². The standard InChI is InChI=1S/C16H16N4O2/c17-15(20-22)12-8-11-6-7-13(14(11)18-9-12)19-16(21)10-4-2-1-3-5-10/h1-5,8-9,13,22H,6-7H2,(H2,17,20)(H,19,21). The number of pyridine rings is 1. The molecule has 1 heterocycles. The number of aryl methyl sites for hydroxylation is 1. The van der Waals surface area contributed by atoms with E-state index in [-0.39, 0.29) is 17.8 Å². The van der Waals surface area contributed by atoms with Crippen LogP contribution in [0.1, 0.15) is 39.6 Å². The van der Waals surface area contributed by atoms with Gasteiger partial charge < -0.3 is 16.3 Å². The maximum absolute atomic E-state index is 12.2. The molecule has 0 fully saturated rings. The van der Waals surface area contributed by atoms with Crippen molar-refractivity contribution in [1.82, 2.24) is 10.3 Å². The Balaban J connectivity index is 1.79. The smallest absolute Gasteiger partial charge is 0.251 e. The van der Waals surface area contributed by atoms with Crippen molar-refractivity contribution < 1.29 is 10.0 Å². The second-order valence-electron chi connectivity index (χ2n) is 5.18. The van der Waals surface area contributed by atoms with Crippen LogP contribution in [0.2, 0.25) is 0 Å². The molecule has 0 aliphatic heterocycles. The summed E-state index contributed by atoms with van der Waals surface area (Å²) in [5.41, 5.74) is 8.64. The molecule has 2 aromatic rings. The zero-order valence-electron chi connectivity index (χ0n) is 11.9. The second kappa shape index (κ2) is 5.85. The molecular weight excluding hydrogens is 280 g/mol. The molecule has 0 radical (unpaired) electrons. The average Bonchev–Trinajstić information content (AvgIpc) is 2.97. The van der Waals surface area contributed by atoms with E-state index in [0.717, 1.165) is 24.1 Å². The molecule has 22 heavy (non-hydrogen) atoms. The number of carbonyl (C=O) groups is 1. The Kier molecular flexibility index (Phi) is 3.74. The molecule has 1 aliphatic carbocycles. The van der Waals surface area contributed by atoms with E-state index in [9.17, 15) is 4.79 Å². The number of nitrogens with two attached hydrogens (primary N) is 1. The number of benzene rings is 1. The van der Waals surface area contributed by atoms with Gasteiger partial charge in [-0.05, 0) is 36.6 Å². The normalized spacial score (nSPS) is 17.1. The molecule has 0 spiro atoms. The predicted molar refractivity (Wildman–Crippen MR) is 81.7 cm³/mol. The number of hydrogen-bond acceptors (Lipinski definition) is 4. The molecule has 1 aromatic carbocycles. The molecule has 1 atom stereocenters. The number of hydrogen-bond donors (Lipinski definition) is 3. The number of fused-ring (bicyclic) bond motifs is 1. The van der Waals surface area contributed by atoms with Crippen molar-refractivity contribution in [3.05, 3.63) is 65.0 Å². The van der Waals surface area contributed by atoms with Gasteiger partial charge in [-0.15, -0.1) is 0 Å². The number of amidine groups is 1. The summed E-state index contributed by atoms with van der Waals surface area (Å²) in [6, 6.07) is 10.8. The van der Waals surface area contributed by atoms with Crippen LogP contribution < -0.4 is 11.1 Å². The van der Waals surface area contributed by atoms with Crippen molar-refractivity contribution in [3.8, 4) is 0 Å². The fraction of sp³-hybridized carbons (Fsp3) is 0.188. The van der Waals surface area contributed by atoms with E-state index >= 15 is 0 Å². The summed E-state index contributed by atoms with van der Waals surface area (Å²) in [5, 5.41) is 14.7. The summed E-state index contributed by atoms with van der Waals surface area (Å²) in [5.74, 6) is -0.0761. The number of nitrogens with zero attached hydrogens (tertiary/aromatic N) is 2. The van der Waals surface area contributed by atoms with Gasteiger partial charge in [0.1, 0.15) is 0 Å². The molecule has 1 unspecified atom stereocenters. The van der Waals surface area contributed by atoms with Crippen LogP contribution in [-0.4, -0.2) is 21.9 Å². The van der Waals surface area contributed by atoms with Gasteiger partial charge in [0.05, 0.1) is 11.7 Å². The highest BCUT2D eigenvalue weighted by Crippen LogP contribution is 2.30. The number of amides is 1. The topological polar surface area (TPSA) is 101 Å². The molecule has 0 saturated heterocycles. The van der Waals surface area contributed by atoms with E-state index in [2.05, 4.69) is 15.5 Å². The van der Waals surface area contributed by atoms with Crippen LogP contribution in [-0.2, 0) is 6.42 Å². The lowest BCUT2D eigenvalue weighted by Gasteiger charge is -2.13. The summed E-state index contributed by atoms with van der Waals surface area (Å²) in [6.45, 7) is 0. The first-order valence-electron chi connectivity index (χ1n) is 7.01. The molecule has 6 heteroatoms. The number of carbonyl (C=O) groups excluding carboxylic acids is 1. The van der Waals surface area contributed by atoms with Crippen LogP contribution in [0.5, 0.6) is 0 Å². The van der Waals surface area contributed by atoms with Gasteiger partial charge >= 0.3 is 0 Å². The quantitative estimate of drug-likeness (QED) is 0.346. The van der Waals surface area contributed by atoms with E-state index in [4.69, 9.17) is 10.9 Å². The van der Waals surface area contributed by atoms with E-state index in [0.29, 0.717) is 11.1 Å². The number of aromatic nitrogens is 1. The van der Waals surface area contributed by atoms with Crippen LogP contribution in [0.4, 0.5) is 0 Å². The highest BCUT2D eigenvalue weighted by atomic mass is 16.4. The highest BCUT2D eigenvalue weighted by molar-refractivity contribution is 5.97. The van der Waals surface area contributed by atoms with Crippen LogP contribution in [0, 0.1) is 0 Å². The third-order valence-electron chi connectivity index (χ3n) is 3.78. The van der Waals surface area contributed by atoms with Gasteiger partial charge in [0.25, 0.3) is 5.91 Å². The number of nitrogens with one attached hydrogen (secondary N) is 1. The molecular formula is C16H16N4O2. The first-order valence-corrected chi connectivity index (χ1v) is 7.01. The van der Waals surface area contributed by atoms with Crippen molar-refractivity contribution in [1.29, 1.82) is 0 Å². The van der Waals surface area contributed by atoms with Crippen LogP contribution in [0.15, 0.2) is 47.8 Å². The lowest BCUT2D eigenvalue weighted by Crippen LogP contribution is -2.27. The minimum atomic E-state index is -0.110. The largest absolute Gasteiger partial charge is 0.409 e. The monoisotopic (exact) mass is 296 g/mol. The maximum Gasteiger partial charge on any atom is 0.251 e. The Morgan fingerprint density at radius 3 is 2.82 bits per heavy atom. The van der Waals surface area contributed by atoms with Gasteiger partial charge in [-0.1, -0.05) is 23.4 Å². The van der Waals surface area contributed by atoms with Gasteiger partial charge in [0.15, 0.2) is 5.84 Å². The van der Waals surface area contributed by atoms with Gasteiger partial charge in [-0.3, -0.25) is 9.78 Å². The molecule has 1 amide bonds. The minimum absolute atomic E-state index is 0.0343. The molecule has 4 N–H and O–H groups in total. The molecule has 112 valence electrons. The lowest BCUT2D eigenvalue weighted by atomic mass is 10.1. The summed E-state index contributed by atoms with van der Waals surface area (Å²) in [7, 11) is 0. The SMILES string of the molecule is N/C(=N\O)c1cnc2c(c1)CCC2NC(=O)c1ccccc1. The Bertz CT molecular complexity index is 728. The molecule has 0 bridgehead atoms. The Morgan fingerprint density at radius 1 is 1.32 bits per heavy atom. The van der Waals surface area contributed by atoms with Crippen molar-refractivity contribution >= 4 is 11.7 Å².